The highest BCUT2D eigenvalue weighted by molar-refractivity contribution is 6.06. The molecule has 0 radical (unpaired) electrons. The Bertz CT molecular complexity index is 813. The lowest BCUT2D eigenvalue weighted by Gasteiger charge is -2.37. The summed E-state index contributed by atoms with van der Waals surface area (Å²) < 4.78 is 1.81. The lowest BCUT2D eigenvalue weighted by molar-refractivity contribution is 0.0597. The molecule has 0 aromatic carbocycles. The van der Waals surface area contributed by atoms with Gasteiger partial charge < -0.3 is 4.90 Å². The largest absolute Gasteiger partial charge is 0.336 e. The van der Waals surface area contributed by atoms with Gasteiger partial charge in [-0.1, -0.05) is 0 Å². The molecule has 25 heavy (non-hydrogen) atoms. The molecule has 2 aliphatic rings. The molecule has 1 amide bonds. The number of carbonyl (C=O) groups is 1. The fourth-order valence-electron chi connectivity index (χ4n) is 3.83. The SMILES string of the molecule is Cc1nn(C)c2nc(C3CC3)cc(C(=O)N3CCN(C(C)C)CC3)c12. The third kappa shape index (κ3) is 2.92. The number of hydrogen-bond acceptors (Lipinski definition) is 4. The Morgan fingerprint density at radius 2 is 1.88 bits per heavy atom. The molecule has 6 nitrogen and oxygen atoms in total. The molecule has 0 atom stereocenters. The zero-order chi connectivity index (χ0) is 17.7. The first kappa shape index (κ1) is 16.5. The fourth-order valence-corrected chi connectivity index (χ4v) is 3.83. The molecule has 1 saturated carbocycles. The van der Waals surface area contributed by atoms with E-state index in [1.165, 1.54) is 12.8 Å². The van der Waals surface area contributed by atoms with Crippen LogP contribution in [-0.2, 0) is 7.05 Å². The van der Waals surface area contributed by atoms with Crippen LogP contribution in [0.1, 0.15) is 54.4 Å². The van der Waals surface area contributed by atoms with Gasteiger partial charge in [0.05, 0.1) is 16.6 Å². The van der Waals surface area contributed by atoms with Crippen molar-refractivity contribution in [1.29, 1.82) is 0 Å². The van der Waals surface area contributed by atoms with Gasteiger partial charge in [0.25, 0.3) is 5.91 Å². The molecule has 134 valence electrons. The van der Waals surface area contributed by atoms with Crippen LogP contribution in [0.25, 0.3) is 11.0 Å². The number of hydrogen-bond donors (Lipinski definition) is 0. The van der Waals surface area contributed by atoms with Gasteiger partial charge in [0.1, 0.15) is 0 Å². The topological polar surface area (TPSA) is 54.3 Å². The molecule has 2 aromatic heterocycles. The molecular weight excluding hydrogens is 314 g/mol. The van der Waals surface area contributed by atoms with Gasteiger partial charge in [-0.15, -0.1) is 0 Å². The van der Waals surface area contributed by atoms with E-state index < -0.39 is 0 Å². The second-order valence-electron chi connectivity index (χ2n) is 7.70. The molecule has 1 aliphatic carbocycles. The predicted molar refractivity (Wildman–Crippen MR) is 97.8 cm³/mol. The van der Waals surface area contributed by atoms with Gasteiger partial charge >= 0.3 is 0 Å². The van der Waals surface area contributed by atoms with E-state index in [1.807, 2.05) is 29.6 Å². The fraction of sp³-hybridized carbons (Fsp3) is 0.632. The van der Waals surface area contributed by atoms with Crippen LogP contribution in [0.2, 0.25) is 0 Å². The summed E-state index contributed by atoms with van der Waals surface area (Å²) in [6.07, 6.45) is 2.35. The van der Waals surface area contributed by atoms with Crippen molar-refractivity contribution in [2.75, 3.05) is 26.2 Å². The highest BCUT2D eigenvalue weighted by Crippen LogP contribution is 2.40. The average Bonchev–Trinajstić information content (AvgIpc) is 3.41. The smallest absolute Gasteiger partial charge is 0.254 e. The van der Waals surface area contributed by atoms with Gasteiger partial charge in [-0.2, -0.15) is 5.10 Å². The third-order valence-electron chi connectivity index (χ3n) is 5.55. The monoisotopic (exact) mass is 341 g/mol. The lowest BCUT2D eigenvalue weighted by Crippen LogP contribution is -2.50. The molecule has 6 heteroatoms. The van der Waals surface area contributed by atoms with E-state index in [2.05, 4.69) is 23.8 Å². The van der Waals surface area contributed by atoms with Gasteiger partial charge in [-0.05, 0) is 39.7 Å². The highest BCUT2D eigenvalue weighted by atomic mass is 16.2. The summed E-state index contributed by atoms with van der Waals surface area (Å²) >= 11 is 0. The molecule has 2 aromatic rings. The summed E-state index contributed by atoms with van der Waals surface area (Å²) in [5.74, 6) is 0.651. The summed E-state index contributed by atoms with van der Waals surface area (Å²) in [5, 5.41) is 5.43. The maximum Gasteiger partial charge on any atom is 0.254 e. The number of aromatic nitrogens is 3. The zero-order valence-corrected chi connectivity index (χ0v) is 15.6. The second-order valence-corrected chi connectivity index (χ2v) is 7.70. The second kappa shape index (κ2) is 6.09. The van der Waals surface area contributed by atoms with Gasteiger partial charge in [0.15, 0.2) is 5.65 Å². The number of carbonyl (C=O) groups excluding carboxylic acids is 1. The quantitative estimate of drug-likeness (QED) is 0.860. The number of pyridine rings is 1. The summed E-state index contributed by atoms with van der Waals surface area (Å²) in [7, 11) is 1.91. The van der Waals surface area contributed by atoms with E-state index in [9.17, 15) is 4.79 Å². The minimum Gasteiger partial charge on any atom is -0.336 e. The maximum absolute atomic E-state index is 13.3. The first-order valence-corrected chi connectivity index (χ1v) is 9.33. The van der Waals surface area contributed by atoms with Crippen molar-refractivity contribution in [3.05, 3.63) is 23.0 Å². The Morgan fingerprint density at radius 3 is 2.48 bits per heavy atom. The first-order valence-electron chi connectivity index (χ1n) is 9.33. The zero-order valence-electron chi connectivity index (χ0n) is 15.6. The minimum absolute atomic E-state index is 0.133. The van der Waals surface area contributed by atoms with Crippen molar-refractivity contribution in [1.82, 2.24) is 24.6 Å². The third-order valence-corrected chi connectivity index (χ3v) is 5.55. The predicted octanol–water partition coefficient (Wildman–Crippen LogP) is 2.32. The molecule has 3 heterocycles. The van der Waals surface area contributed by atoms with Crippen molar-refractivity contribution < 1.29 is 4.79 Å². The van der Waals surface area contributed by atoms with Crippen LogP contribution >= 0.6 is 0 Å². The molecule has 0 spiro atoms. The average molecular weight is 341 g/mol. The molecular formula is C19H27N5O. The number of amides is 1. The van der Waals surface area contributed by atoms with Crippen molar-refractivity contribution in [2.45, 2.75) is 45.6 Å². The Labute approximate surface area is 148 Å². The molecule has 1 aliphatic heterocycles. The molecule has 2 fully saturated rings. The van der Waals surface area contributed by atoms with Crippen molar-refractivity contribution in [3.63, 3.8) is 0 Å². The van der Waals surface area contributed by atoms with E-state index in [1.54, 1.807) is 0 Å². The van der Waals surface area contributed by atoms with Crippen molar-refractivity contribution in [3.8, 4) is 0 Å². The normalized spacial score (nSPS) is 19.2. The Hall–Kier alpha value is -1.95. The van der Waals surface area contributed by atoms with E-state index >= 15 is 0 Å². The number of nitrogens with zero attached hydrogens (tertiary/aromatic N) is 5. The van der Waals surface area contributed by atoms with E-state index in [0.29, 0.717) is 12.0 Å². The maximum atomic E-state index is 13.3. The molecule has 0 N–H and O–H groups in total. The minimum atomic E-state index is 0.133. The standard InChI is InChI=1S/C19H27N5O/c1-12(2)23-7-9-24(10-8-23)19(25)15-11-16(14-5-6-14)20-18-17(15)13(3)21-22(18)4/h11-12,14H,5-10H2,1-4H3. The van der Waals surface area contributed by atoms with Crippen LogP contribution in [0.15, 0.2) is 6.07 Å². The van der Waals surface area contributed by atoms with Crippen LogP contribution < -0.4 is 0 Å². The van der Waals surface area contributed by atoms with Gasteiger partial charge in [-0.3, -0.25) is 14.4 Å². The first-order chi connectivity index (χ1) is 12.0. The van der Waals surface area contributed by atoms with Crippen LogP contribution in [0, 0.1) is 6.92 Å². The summed E-state index contributed by atoms with van der Waals surface area (Å²) in [6.45, 7) is 9.86. The Morgan fingerprint density at radius 1 is 1.20 bits per heavy atom. The lowest BCUT2D eigenvalue weighted by atomic mass is 10.1. The van der Waals surface area contributed by atoms with Gasteiger partial charge in [0, 0.05) is 50.9 Å². The van der Waals surface area contributed by atoms with E-state index in [4.69, 9.17) is 4.98 Å². The Balaban J connectivity index is 1.69. The van der Waals surface area contributed by atoms with Crippen LogP contribution in [0.3, 0.4) is 0 Å². The summed E-state index contributed by atoms with van der Waals surface area (Å²) in [5.41, 5.74) is 3.57. The van der Waals surface area contributed by atoms with Gasteiger partial charge in [-0.25, -0.2) is 4.98 Å². The van der Waals surface area contributed by atoms with Crippen molar-refractivity contribution >= 4 is 16.9 Å². The number of fused-ring (bicyclic) bond motifs is 1. The van der Waals surface area contributed by atoms with E-state index in [0.717, 1.165) is 54.2 Å². The number of aryl methyl sites for hydroxylation is 2. The molecule has 4 rings (SSSR count). The molecule has 0 bridgehead atoms. The van der Waals surface area contributed by atoms with Crippen LogP contribution in [0.5, 0.6) is 0 Å². The van der Waals surface area contributed by atoms with Crippen LogP contribution in [0.4, 0.5) is 0 Å². The number of rotatable bonds is 3. The van der Waals surface area contributed by atoms with E-state index in [-0.39, 0.29) is 5.91 Å². The summed E-state index contributed by atoms with van der Waals surface area (Å²) in [4.78, 5) is 22.5. The number of piperazine rings is 1. The molecule has 0 unspecified atom stereocenters. The highest BCUT2D eigenvalue weighted by Gasteiger charge is 2.30. The van der Waals surface area contributed by atoms with Gasteiger partial charge in [0.2, 0.25) is 0 Å². The van der Waals surface area contributed by atoms with Crippen molar-refractivity contribution in [2.24, 2.45) is 7.05 Å². The summed E-state index contributed by atoms with van der Waals surface area (Å²) in [6, 6.07) is 2.57. The molecule has 1 saturated heterocycles. The Kier molecular flexibility index (Phi) is 4.02. The van der Waals surface area contributed by atoms with Crippen LogP contribution in [-0.4, -0.2) is 62.7 Å².